The first-order valence-electron chi connectivity index (χ1n) is 9.82. The first kappa shape index (κ1) is 19.8. The molecular weight excluding hydrogens is 346 g/mol. The van der Waals surface area contributed by atoms with Gasteiger partial charge in [-0.25, -0.2) is 4.90 Å². The summed E-state index contributed by atoms with van der Waals surface area (Å²) in [6.07, 6.45) is 2.09. The number of rotatable bonds is 9. The fraction of sp³-hybridized carbons (Fsp3) is 0.600. The van der Waals surface area contributed by atoms with Crippen LogP contribution in [-0.4, -0.2) is 68.8 Å². The van der Waals surface area contributed by atoms with E-state index >= 15 is 0 Å². The number of carbonyl (C=O) groups excluding carboxylic acids is 2. The van der Waals surface area contributed by atoms with Crippen molar-refractivity contribution in [1.29, 1.82) is 0 Å². The normalized spacial score (nSPS) is 21.1. The second-order valence-electron chi connectivity index (χ2n) is 6.93. The molecule has 7 heteroatoms. The van der Waals surface area contributed by atoms with Gasteiger partial charge in [-0.1, -0.05) is 6.92 Å². The smallest absolute Gasteiger partial charge is 0.251 e. The molecule has 1 aromatic rings. The van der Waals surface area contributed by atoms with Gasteiger partial charge in [-0.3, -0.25) is 14.5 Å². The molecule has 2 amide bonds. The first-order chi connectivity index (χ1) is 13.2. The van der Waals surface area contributed by atoms with Gasteiger partial charge in [0.1, 0.15) is 5.75 Å². The summed E-state index contributed by atoms with van der Waals surface area (Å²) in [5.41, 5.74) is 0.603. The maximum Gasteiger partial charge on any atom is 0.251 e. The molecule has 2 aliphatic rings. The van der Waals surface area contributed by atoms with Crippen LogP contribution in [0.15, 0.2) is 24.3 Å². The van der Waals surface area contributed by atoms with Gasteiger partial charge in [0.15, 0.2) is 0 Å². The summed E-state index contributed by atoms with van der Waals surface area (Å²) in [4.78, 5) is 28.6. The fourth-order valence-electron chi connectivity index (χ4n) is 3.38. The van der Waals surface area contributed by atoms with Gasteiger partial charge in [0.25, 0.3) is 5.91 Å². The zero-order chi connectivity index (χ0) is 19.1. The van der Waals surface area contributed by atoms with E-state index in [1.165, 1.54) is 4.90 Å². The standard InChI is InChI=1S/C20H29N3O4/c1-2-12-27-17-6-4-16(5-7-17)23-19(24)15-18(20(23)25)21-8-3-9-22-10-13-26-14-11-22/h4-7,18,21H,2-3,8-15H2,1H3/t18-/m1/s1. The maximum absolute atomic E-state index is 12.7. The van der Waals surface area contributed by atoms with Crippen molar-refractivity contribution in [3.05, 3.63) is 24.3 Å². The lowest BCUT2D eigenvalue weighted by Crippen LogP contribution is -2.41. The van der Waals surface area contributed by atoms with Crippen LogP contribution >= 0.6 is 0 Å². The third-order valence-corrected chi connectivity index (χ3v) is 4.86. The van der Waals surface area contributed by atoms with Gasteiger partial charge in [0, 0.05) is 13.1 Å². The molecule has 2 saturated heterocycles. The minimum absolute atomic E-state index is 0.159. The number of morpholine rings is 1. The van der Waals surface area contributed by atoms with Gasteiger partial charge in [-0.05, 0) is 50.2 Å². The van der Waals surface area contributed by atoms with Crippen LogP contribution in [0.5, 0.6) is 5.75 Å². The summed E-state index contributed by atoms with van der Waals surface area (Å²) >= 11 is 0. The predicted molar refractivity (Wildman–Crippen MR) is 103 cm³/mol. The van der Waals surface area contributed by atoms with E-state index in [-0.39, 0.29) is 18.2 Å². The molecule has 1 atom stereocenters. The summed E-state index contributed by atoms with van der Waals surface area (Å²) < 4.78 is 10.9. The molecule has 7 nitrogen and oxygen atoms in total. The summed E-state index contributed by atoms with van der Waals surface area (Å²) in [5, 5.41) is 3.25. The second-order valence-corrected chi connectivity index (χ2v) is 6.93. The third-order valence-electron chi connectivity index (χ3n) is 4.86. The average Bonchev–Trinajstić information content (AvgIpc) is 2.98. The van der Waals surface area contributed by atoms with Crippen molar-refractivity contribution in [2.24, 2.45) is 0 Å². The molecule has 0 aromatic heterocycles. The zero-order valence-corrected chi connectivity index (χ0v) is 16.0. The fourth-order valence-corrected chi connectivity index (χ4v) is 3.38. The maximum atomic E-state index is 12.7. The summed E-state index contributed by atoms with van der Waals surface area (Å²) in [5.74, 6) is 0.416. The van der Waals surface area contributed by atoms with Crippen molar-refractivity contribution in [3.63, 3.8) is 0 Å². The minimum Gasteiger partial charge on any atom is -0.494 e. The van der Waals surface area contributed by atoms with Crippen molar-refractivity contribution in [2.75, 3.05) is 50.9 Å². The van der Waals surface area contributed by atoms with Gasteiger partial charge < -0.3 is 14.8 Å². The highest BCUT2D eigenvalue weighted by molar-refractivity contribution is 6.22. The molecular formula is C20H29N3O4. The molecule has 1 aromatic carbocycles. The van der Waals surface area contributed by atoms with Gasteiger partial charge >= 0.3 is 0 Å². The van der Waals surface area contributed by atoms with Crippen LogP contribution in [0, 0.1) is 0 Å². The van der Waals surface area contributed by atoms with Crippen LogP contribution in [0.3, 0.4) is 0 Å². The molecule has 27 heavy (non-hydrogen) atoms. The highest BCUT2D eigenvalue weighted by Gasteiger charge is 2.39. The Kier molecular flexibility index (Phi) is 7.20. The SMILES string of the molecule is CCCOc1ccc(N2C(=O)C[C@@H](NCCCN3CCOCC3)C2=O)cc1. The Balaban J connectivity index is 1.47. The molecule has 3 rings (SSSR count). The number of ether oxygens (including phenoxy) is 2. The number of imide groups is 1. The Morgan fingerprint density at radius 1 is 1.19 bits per heavy atom. The predicted octanol–water partition coefficient (Wildman–Crippen LogP) is 1.42. The molecule has 2 aliphatic heterocycles. The lowest BCUT2D eigenvalue weighted by molar-refractivity contribution is -0.121. The van der Waals surface area contributed by atoms with Crippen LogP contribution in [0.25, 0.3) is 0 Å². The summed E-state index contributed by atoms with van der Waals surface area (Å²) in [6, 6.07) is 6.70. The second kappa shape index (κ2) is 9.82. The van der Waals surface area contributed by atoms with E-state index in [9.17, 15) is 9.59 Å². The largest absolute Gasteiger partial charge is 0.494 e. The van der Waals surface area contributed by atoms with Gasteiger partial charge in [0.05, 0.1) is 38.0 Å². The topological polar surface area (TPSA) is 71.1 Å². The minimum atomic E-state index is -0.432. The van der Waals surface area contributed by atoms with Crippen LogP contribution in [0.4, 0.5) is 5.69 Å². The number of nitrogens with zero attached hydrogens (tertiary/aromatic N) is 2. The van der Waals surface area contributed by atoms with Crippen molar-refractivity contribution in [3.8, 4) is 5.75 Å². The molecule has 0 aliphatic carbocycles. The van der Waals surface area contributed by atoms with Crippen LogP contribution < -0.4 is 15.0 Å². The number of nitrogens with one attached hydrogen (secondary N) is 1. The van der Waals surface area contributed by atoms with E-state index in [2.05, 4.69) is 10.2 Å². The number of carbonyl (C=O) groups is 2. The summed E-state index contributed by atoms with van der Waals surface area (Å²) in [6.45, 7) is 7.91. The summed E-state index contributed by atoms with van der Waals surface area (Å²) in [7, 11) is 0. The van der Waals surface area contributed by atoms with Crippen LogP contribution in [0.2, 0.25) is 0 Å². The number of hydrogen-bond acceptors (Lipinski definition) is 6. The molecule has 148 valence electrons. The van der Waals surface area contributed by atoms with E-state index in [0.29, 0.717) is 12.3 Å². The van der Waals surface area contributed by atoms with E-state index < -0.39 is 6.04 Å². The van der Waals surface area contributed by atoms with Gasteiger partial charge in [-0.15, -0.1) is 0 Å². The molecule has 2 heterocycles. The van der Waals surface area contributed by atoms with Crippen molar-refractivity contribution < 1.29 is 19.1 Å². The molecule has 0 spiro atoms. The highest BCUT2D eigenvalue weighted by Crippen LogP contribution is 2.25. The van der Waals surface area contributed by atoms with Gasteiger partial charge in [0.2, 0.25) is 5.91 Å². The van der Waals surface area contributed by atoms with E-state index in [0.717, 1.165) is 58.0 Å². The lowest BCUT2D eigenvalue weighted by atomic mass is 10.2. The average molecular weight is 375 g/mol. The first-order valence-corrected chi connectivity index (χ1v) is 9.82. The molecule has 0 saturated carbocycles. The monoisotopic (exact) mass is 375 g/mol. The zero-order valence-electron chi connectivity index (χ0n) is 16.0. The molecule has 0 radical (unpaired) electrons. The van der Waals surface area contributed by atoms with Gasteiger partial charge in [-0.2, -0.15) is 0 Å². The number of amides is 2. The molecule has 2 fully saturated rings. The number of benzene rings is 1. The molecule has 1 N–H and O–H groups in total. The Bertz CT molecular complexity index is 629. The van der Waals surface area contributed by atoms with Crippen LogP contribution in [0.1, 0.15) is 26.2 Å². The molecule has 0 unspecified atom stereocenters. The Hall–Kier alpha value is -1.96. The van der Waals surface area contributed by atoms with Crippen molar-refractivity contribution >= 4 is 17.5 Å². The van der Waals surface area contributed by atoms with E-state index in [4.69, 9.17) is 9.47 Å². The number of anilines is 1. The van der Waals surface area contributed by atoms with Crippen LogP contribution in [-0.2, 0) is 14.3 Å². The Morgan fingerprint density at radius 3 is 2.63 bits per heavy atom. The van der Waals surface area contributed by atoms with Crippen molar-refractivity contribution in [1.82, 2.24) is 10.2 Å². The Morgan fingerprint density at radius 2 is 1.93 bits per heavy atom. The van der Waals surface area contributed by atoms with E-state index in [1.54, 1.807) is 24.3 Å². The number of hydrogen-bond donors (Lipinski definition) is 1. The van der Waals surface area contributed by atoms with E-state index in [1.807, 2.05) is 6.92 Å². The Labute approximate surface area is 160 Å². The third kappa shape index (κ3) is 5.28. The highest BCUT2D eigenvalue weighted by atomic mass is 16.5. The molecule has 0 bridgehead atoms. The lowest BCUT2D eigenvalue weighted by Gasteiger charge is -2.26. The van der Waals surface area contributed by atoms with Crippen molar-refractivity contribution in [2.45, 2.75) is 32.2 Å². The quantitative estimate of drug-likeness (QED) is 0.520.